The lowest BCUT2D eigenvalue weighted by atomic mass is 10.0. The maximum Gasteiger partial charge on any atom is 0.241 e. The summed E-state index contributed by atoms with van der Waals surface area (Å²) in [5, 5.41) is 2.77. The van der Waals surface area contributed by atoms with Crippen molar-refractivity contribution in [3.63, 3.8) is 0 Å². The predicted octanol–water partition coefficient (Wildman–Crippen LogP) is 3.34. The molecule has 0 unspecified atom stereocenters. The van der Waals surface area contributed by atoms with Gasteiger partial charge in [0.25, 0.3) is 0 Å². The van der Waals surface area contributed by atoms with Crippen LogP contribution in [0.4, 0.5) is 5.69 Å². The first kappa shape index (κ1) is 19.1. The quantitative estimate of drug-likeness (QED) is 0.829. The van der Waals surface area contributed by atoms with E-state index in [0.29, 0.717) is 5.69 Å². The van der Waals surface area contributed by atoms with Crippen molar-refractivity contribution in [2.24, 2.45) is 0 Å². The van der Waals surface area contributed by atoms with Gasteiger partial charge in [0.15, 0.2) is 0 Å². The number of hydrogen-bond donors (Lipinski definition) is 2. The summed E-state index contributed by atoms with van der Waals surface area (Å²) in [6, 6.07) is 12.4. The summed E-state index contributed by atoms with van der Waals surface area (Å²) in [5.41, 5.74) is 3.61. The molecule has 1 amide bonds. The molecule has 0 radical (unpaired) electrons. The molecule has 2 aromatic rings. The van der Waals surface area contributed by atoms with Crippen LogP contribution in [-0.2, 0) is 14.8 Å². The van der Waals surface area contributed by atoms with Crippen LogP contribution in [0.1, 0.15) is 36.5 Å². The van der Waals surface area contributed by atoms with Gasteiger partial charge in [-0.1, -0.05) is 38.1 Å². The molecule has 0 fully saturated rings. The van der Waals surface area contributed by atoms with Crippen molar-refractivity contribution >= 4 is 21.6 Å². The topological polar surface area (TPSA) is 75.3 Å². The fourth-order valence-electron chi connectivity index (χ4n) is 2.43. The Morgan fingerprint density at radius 1 is 1.04 bits per heavy atom. The number of nitrogens with one attached hydrogen (secondary N) is 2. The molecule has 0 atom stereocenters. The average Bonchev–Trinajstić information content (AvgIpc) is 2.56. The van der Waals surface area contributed by atoms with Crippen LogP contribution in [0.5, 0.6) is 0 Å². The number of sulfonamides is 1. The predicted molar refractivity (Wildman–Crippen MR) is 100 cm³/mol. The summed E-state index contributed by atoms with van der Waals surface area (Å²) < 4.78 is 27.0. The fraction of sp³-hybridized carbons (Fsp3) is 0.316. The van der Waals surface area contributed by atoms with Crippen LogP contribution in [0.15, 0.2) is 47.4 Å². The molecule has 5 nitrogen and oxygen atoms in total. The summed E-state index contributed by atoms with van der Waals surface area (Å²) in [6.45, 7) is 7.52. The lowest BCUT2D eigenvalue weighted by Crippen LogP contribution is -2.33. The second-order valence-electron chi connectivity index (χ2n) is 6.36. The molecule has 0 saturated heterocycles. The summed E-state index contributed by atoms with van der Waals surface area (Å²) in [7, 11) is -3.72. The molecule has 25 heavy (non-hydrogen) atoms. The zero-order valence-corrected chi connectivity index (χ0v) is 15.8. The van der Waals surface area contributed by atoms with Crippen LogP contribution < -0.4 is 10.0 Å². The highest BCUT2D eigenvalue weighted by molar-refractivity contribution is 7.89. The van der Waals surface area contributed by atoms with E-state index in [0.717, 1.165) is 16.7 Å². The number of hydrogen-bond acceptors (Lipinski definition) is 3. The van der Waals surface area contributed by atoms with Crippen molar-refractivity contribution in [3.05, 3.63) is 59.2 Å². The second-order valence-corrected chi connectivity index (χ2v) is 8.13. The number of anilines is 1. The van der Waals surface area contributed by atoms with E-state index >= 15 is 0 Å². The van der Waals surface area contributed by atoms with Gasteiger partial charge in [-0.05, 0) is 54.7 Å². The Hall–Kier alpha value is -2.18. The zero-order chi connectivity index (χ0) is 18.6. The maximum absolute atomic E-state index is 12.3. The summed E-state index contributed by atoms with van der Waals surface area (Å²) >= 11 is 0. The molecule has 2 N–H and O–H groups in total. The minimum atomic E-state index is -3.72. The van der Waals surface area contributed by atoms with Crippen LogP contribution >= 0.6 is 0 Å². The van der Waals surface area contributed by atoms with Crippen molar-refractivity contribution in [2.75, 3.05) is 11.9 Å². The summed E-state index contributed by atoms with van der Waals surface area (Å²) in [6.07, 6.45) is 0. The molecule has 2 aromatic carbocycles. The van der Waals surface area contributed by atoms with Gasteiger partial charge in [0.05, 0.1) is 11.4 Å². The van der Waals surface area contributed by atoms with Crippen molar-refractivity contribution in [3.8, 4) is 0 Å². The van der Waals surface area contributed by atoms with E-state index in [9.17, 15) is 13.2 Å². The molecule has 0 aliphatic rings. The molecule has 0 heterocycles. The van der Waals surface area contributed by atoms with Crippen molar-refractivity contribution in [1.29, 1.82) is 0 Å². The molecule has 134 valence electrons. The molecule has 0 aromatic heterocycles. The van der Waals surface area contributed by atoms with Gasteiger partial charge in [-0.2, -0.15) is 0 Å². The molecule has 0 aliphatic heterocycles. The first-order valence-electron chi connectivity index (χ1n) is 8.16. The fourth-order valence-corrected chi connectivity index (χ4v) is 3.50. The van der Waals surface area contributed by atoms with Gasteiger partial charge in [-0.25, -0.2) is 13.1 Å². The lowest BCUT2D eigenvalue weighted by Gasteiger charge is -2.14. The van der Waals surface area contributed by atoms with E-state index in [-0.39, 0.29) is 17.4 Å². The number of benzene rings is 2. The Morgan fingerprint density at radius 3 is 2.36 bits per heavy atom. The van der Waals surface area contributed by atoms with Crippen molar-refractivity contribution in [2.45, 2.75) is 38.5 Å². The van der Waals surface area contributed by atoms with Crippen molar-refractivity contribution in [1.82, 2.24) is 4.72 Å². The highest BCUT2D eigenvalue weighted by Gasteiger charge is 2.17. The third-order valence-electron chi connectivity index (χ3n) is 4.07. The SMILES string of the molecule is Cc1ccc(S(=O)(=O)NCC(=O)Nc2ccccc2C(C)C)cc1C. The highest BCUT2D eigenvalue weighted by Crippen LogP contribution is 2.23. The van der Waals surface area contributed by atoms with Crippen LogP contribution in [0.3, 0.4) is 0 Å². The van der Waals surface area contributed by atoms with Gasteiger partial charge in [-0.15, -0.1) is 0 Å². The minimum Gasteiger partial charge on any atom is -0.325 e. The first-order valence-corrected chi connectivity index (χ1v) is 9.64. The number of aryl methyl sites for hydroxylation is 2. The third-order valence-corrected chi connectivity index (χ3v) is 5.47. The number of carbonyl (C=O) groups excluding carboxylic acids is 1. The molecule has 0 saturated carbocycles. The zero-order valence-electron chi connectivity index (χ0n) is 15.0. The smallest absolute Gasteiger partial charge is 0.241 e. The van der Waals surface area contributed by atoms with Crippen LogP contribution in [-0.4, -0.2) is 20.9 Å². The van der Waals surface area contributed by atoms with E-state index in [2.05, 4.69) is 10.0 Å². The van der Waals surface area contributed by atoms with E-state index < -0.39 is 15.9 Å². The Labute approximate surface area is 149 Å². The second kappa shape index (κ2) is 7.80. The first-order chi connectivity index (χ1) is 11.7. The number of amides is 1. The van der Waals surface area contributed by atoms with Crippen LogP contribution in [0.2, 0.25) is 0 Å². The molecule has 2 rings (SSSR count). The molecular weight excluding hydrogens is 336 g/mol. The summed E-state index contributed by atoms with van der Waals surface area (Å²) in [4.78, 5) is 12.3. The number of rotatable bonds is 6. The van der Waals surface area contributed by atoms with E-state index in [1.54, 1.807) is 12.1 Å². The number of para-hydroxylation sites is 1. The Bertz CT molecular complexity index is 874. The monoisotopic (exact) mass is 360 g/mol. The lowest BCUT2D eigenvalue weighted by molar-refractivity contribution is -0.115. The van der Waals surface area contributed by atoms with Crippen LogP contribution in [0, 0.1) is 13.8 Å². The normalized spacial score (nSPS) is 11.6. The van der Waals surface area contributed by atoms with Crippen molar-refractivity contribution < 1.29 is 13.2 Å². The van der Waals surface area contributed by atoms with Gasteiger partial charge in [-0.3, -0.25) is 4.79 Å². The van der Waals surface area contributed by atoms with Gasteiger partial charge in [0, 0.05) is 5.69 Å². The van der Waals surface area contributed by atoms with Gasteiger partial charge in [0.1, 0.15) is 0 Å². The van der Waals surface area contributed by atoms with Gasteiger partial charge < -0.3 is 5.32 Å². The van der Waals surface area contributed by atoms with Gasteiger partial charge >= 0.3 is 0 Å². The van der Waals surface area contributed by atoms with Gasteiger partial charge in [0.2, 0.25) is 15.9 Å². The Kier molecular flexibility index (Phi) is 5.98. The van der Waals surface area contributed by atoms with E-state index in [4.69, 9.17) is 0 Å². The van der Waals surface area contributed by atoms with E-state index in [1.807, 2.05) is 52.0 Å². The minimum absolute atomic E-state index is 0.158. The molecular formula is C19H24N2O3S. The largest absolute Gasteiger partial charge is 0.325 e. The summed E-state index contributed by atoms with van der Waals surface area (Å²) in [5.74, 6) is -0.149. The number of carbonyl (C=O) groups is 1. The molecule has 0 spiro atoms. The Morgan fingerprint density at radius 2 is 1.72 bits per heavy atom. The molecule has 0 bridgehead atoms. The highest BCUT2D eigenvalue weighted by atomic mass is 32.2. The third kappa shape index (κ3) is 4.90. The standard InChI is InChI=1S/C19H24N2O3S/c1-13(2)17-7-5-6-8-18(17)21-19(22)12-20-25(23,24)16-10-9-14(3)15(4)11-16/h5-11,13,20H,12H2,1-4H3,(H,21,22). The molecule has 6 heteroatoms. The van der Waals surface area contributed by atoms with E-state index in [1.165, 1.54) is 6.07 Å². The Balaban J connectivity index is 2.05. The molecule has 0 aliphatic carbocycles. The van der Waals surface area contributed by atoms with Crippen LogP contribution in [0.25, 0.3) is 0 Å². The average molecular weight is 360 g/mol. The maximum atomic E-state index is 12.3.